The van der Waals surface area contributed by atoms with Crippen molar-refractivity contribution in [2.24, 2.45) is 0 Å². The summed E-state index contributed by atoms with van der Waals surface area (Å²) < 4.78 is 13.2. The van der Waals surface area contributed by atoms with E-state index in [0.29, 0.717) is 23.1 Å². The number of methoxy groups -OCH3 is 1. The van der Waals surface area contributed by atoms with Crippen LogP contribution in [-0.4, -0.2) is 78.9 Å². The van der Waals surface area contributed by atoms with Crippen molar-refractivity contribution in [1.82, 2.24) is 19.4 Å². The van der Waals surface area contributed by atoms with Gasteiger partial charge in [-0.3, -0.25) is 9.69 Å². The Morgan fingerprint density at radius 2 is 2.00 bits per heavy atom. The van der Waals surface area contributed by atoms with Crippen LogP contribution in [0.3, 0.4) is 0 Å². The van der Waals surface area contributed by atoms with Gasteiger partial charge in [0, 0.05) is 51.7 Å². The number of benzene rings is 2. The molecular weight excluding hydrogens is 494 g/mol. The average molecular weight is 528 g/mol. The molecule has 1 aliphatic rings. The number of para-hydroxylation sites is 1. The Hall–Kier alpha value is -4.41. The summed E-state index contributed by atoms with van der Waals surface area (Å²) in [5.74, 6) is 1.43. The molecule has 1 amide bonds. The number of anilines is 4. The average Bonchev–Trinajstić information content (AvgIpc) is 3.41. The summed E-state index contributed by atoms with van der Waals surface area (Å²) in [5, 5.41) is 7.34. The first-order valence-corrected chi connectivity index (χ1v) is 12.9. The number of nitrogens with zero attached hydrogens (tertiary/aromatic N) is 5. The Bertz CT molecular complexity index is 1460. The number of carbonyl (C=O) groups excluding carboxylic acids is 1. The van der Waals surface area contributed by atoms with Crippen LogP contribution in [-0.2, 0) is 9.53 Å². The van der Waals surface area contributed by atoms with E-state index in [-0.39, 0.29) is 5.91 Å². The quantitative estimate of drug-likeness (QED) is 0.298. The molecule has 0 spiro atoms. The molecule has 1 saturated heterocycles. The molecule has 4 aromatic rings. The van der Waals surface area contributed by atoms with Crippen molar-refractivity contribution in [1.29, 1.82) is 0 Å². The molecule has 2 N–H and O–H groups in total. The van der Waals surface area contributed by atoms with E-state index in [0.717, 1.165) is 61.8 Å². The monoisotopic (exact) mass is 527 g/mol. The second kappa shape index (κ2) is 12.0. The molecule has 0 bridgehead atoms. The summed E-state index contributed by atoms with van der Waals surface area (Å²) in [6.07, 6.45) is 4.95. The van der Waals surface area contributed by atoms with Crippen LogP contribution in [0.5, 0.6) is 5.75 Å². The number of carbonyl (C=O) groups is 1. The lowest BCUT2D eigenvalue weighted by molar-refractivity contribution is -0.111. The predicted octanol–water partition coefficient (Wildman–Crippen LogP) is 4.07. The Morgan fingerprint density at radius 3 is 2.79 bits per heavy atom. The van der Waals surface area contributed by atoms with Gasteiger partial charge in [-0.2, -0.15) is 4.98 Å². The summed E-state index contributed by atoms with van der Waals surface area (Å²) in [6, 6.07) is 15.8. The highest BCUT2D eigenvalue weighted by atomic mass is 16.5. The molecular formula is C29H33N7O3. The van der Waals surface area contributed by atoms with Crippen molar-refractivity contribution in [2.45, 2.75) is 0 Å². The molecule has 10 nitrogen and oxygen atoms in total. The molecule has 0 saturated carbocycles. The maximum Gasteiger partial charge on any atom is 0.247 e. The summed E-state index contributed by atoms with van der Waals surface area (Å²) in [6.45, 7) is 8.58. The van der Waals surface area contributed by atoms with E-state index in [1.54, 1.807) is 13.3 Å². The topological polar surface area (TPSA) is 96.8 Å². The van der Waals surface area contributed by atoms with E-state index in [9.17, 15) is 4.79 Å². The third-order valence-corrected chi connectivity index (χ3v) is 6.76. The predicted molar refractivity (Wildman–Crippen MR) is 154 cm³/mol. The Kier molecular flexibility index (Phi) is 8.04. The van der Waals surface area contributed by atoms with Crippen LogP contribution in [0.25, 0.3) is 16.7 Å². The molecule has 10 heteroatoms. The van der Waals surface area contributed by atoms with Crippen LogP contribution in [0.15, 0.2) is 73.6 Å². The standard InChI is InChI=1S/C29H33N7O3/c1-4-28(37)31-22-19-23(26(38-3)20-25(22)34(2)13-14-35-15-17-39-18-16-35)32-29-30-11-9-27(33-29)36-12-10-21-7-5-6-8-24(21)36/h4-12,19-20H,1,13-18H2,2-3H3,(H,31,37)(H,30,32,33). The van der Waals surface area contributed by atoms with Gasteiger partial charge in [-0.05, 0) is 35.7 Å². The lowest BCUT2D eigenvalue weighted by Crippen LogP contribution is -2.40. The number of likely N-dealkylation sites (N-methyl/N-ethyl adjacent to an activating group) is 1. The molecule has 202 valence electrons. The van der Waals surface area contributed by atoms with Crippen LogP contribution in [0.1, 0.15) is 0 Å². The SMILES string of the molecule is C=CC(=O)Nc1cc(Nc2nccc(-n3ccc4ccccc43)n2)c(OC)cc1N(C)CCN1CCOCC1. The van der Waals surface area contributed by atoms with E-state index in [1.165, 1.54) is 6.08 Å². The van der Waals surface area contributed by atoms with Gasteiger partial charge in [-0.1, -0.05) is 24.8 Å². The van der Waals surface area contributed by atoms with Crippen molar-refractivity contribution in [3.63, 3.8) is 0 Å². The number of fused-ring (bicyclic) bond motifs is 1. The van der Waals surface area contributed by atoms with Gasteiger partial charge >= 0.3 is 0 Å². The molecule has 0 aliphatic carbocycles. The minimum absolute atomic E-state index is 0.299. The zero-order valence-corrected chi connectivity index (χ0v) is 22.3. The molecule has 0 unspecified atom stereocenters. The van der Waals surface area contributed by atoms with Crippen LogP contribution in [0, 0.1) is 0 Å². The van der Waals surface area contributed by atoms with Gasteiger partial charge in [0.25, 0.3) is 0 Å². The zero-order chi connectivity index (χ0) is 27.2. The lowest BCUT2D eigenvalue weighted by atomic mass is 10.2. The van der Waals surface area contributed by atoms with Gasteiger partial charge < -0.3 is 29.6 Å². The first-order valence-electron chi connectivity index (χ1n) is 12.9. The Labute approximate surface area is 227 Å². The molecule has 5 rings (SSSR count). The van der Waals surface area contributed by atoms with Gasteiger partial charge in [0.2, 0.25) is 11.9 Å². The zero-order valence-electron chi connectivity index (χ0n) is 22.3. The number of ether oxygens (including phenoxy) is 2. The molecule has 1 fully saturated rings. The van der Waals surface area contributed by atoms with Gasteiger partial charge in [-0.25, -0.2) is 4.98 Å². The molecule has 0 radical (unpaired) electrons. The number of aromatic nitrogens is 3. The number of amides is 1. The van der Waals surface area contributed by atoms with Crippen LogP contribution >= 0.6 is 0 Å². The Morgan fingerprint density at radius 1 is 1.18 bits per heavy atom. The molecule has 1 aliphatic heterocycles. The minimum atomic E-state index is -0.299. The van der Waals surface area contributed by atoms with Gasteiger partial charge in [0.05, 0.1) is 42.9 Å². The second-order valence-electron chi connectivity index (χ2n) is 9.25. The van der Waals surface area contributed by atoms with E-state index < -0.39 is 0 Å². The number of rotatable bonds is 10. The van der Waals surface area contributed by atoms with Crippen LogP contribution < -0.4 is 20.3 Å². The Balaban J connectivity index is 1.43. The number of hydrogen-bond acceptors (Lipinski definition) is 8. The van der Waals surface area contributed by atoms with E-state index in [2.05, 4.69) is 50.2 Å². The maximum atomic E-state index is 12.3. The molecule has 0 atom stereocenters. The minimum Gasteiger partial charge on any atom is -0.494 e. The maximum absolute atomic E-state index is 12.3. The number of nitrogens with one attached hydrogen (secondary N) is 2. The first kappa shape index (κ1) is 26.2. The first-order chi connectivity index (χ1) is 19.1. The molecule has 3 heterocycles. The fourth-order valence-electron chi connectivity index (χ4n) is 4.62. The van der Waals surface area contributed by atoms with Crippen molar-refractivity contribution in [2.75, 3.05) is 69.1 Å². The van der Waals surface area contributed by atoms with E-state index in [4.69, 9.17) is 14.5 Å². The normalized spacial score (nSPS) is 13.7. The van der Waals surface area contributed by atoms with Gasteiger partial charge in [0.1, 0.15) is 11.6 Å². The van der Waals surface area contributed by atoms with E-state index in [1.807, 2.05) is 48.1 Å². The molecule has 39 heavy (non-hydrogen) atoms. The fourth-order valence-corrected chi connectivity index (χ4v) is 4.62. The smallest absolute Gasteiger partial charge is 0.247 e. The van der Waals surface area contributed by atoms with Gasteiger partial charge in [-0.15, -0.1) is 0 Å². The molecule has 2 aromatic carbocycles. The number of hydrogen-bond donors (Lipinski definition) is 2. The highest BCUT2D eigenvalue weighted by Gasteiger charge is 2.18. The summed E-state index contributed by atoms with van der Waals surface area (Å²) >= 11 is 0. The highest BCUT2D eigenvalue weighted by molar-refractivity contribution is 6.02. The van der Waals surface area contributed by atoms with Crippen LogP contribution in [0.2, 0.25) is 0 Å². The van der Waals surface area contributed by atoms with Crippen LogP contribution in [0.4, 0.5) is 23.0 Å². The molecule has 2 aromatic heterocycles. The third kappa shape index (κ3) is 6.02. The summed E-state index contributed by atoms with van der Waals surface area (Å²) in [7, 11) is 3.61. The van der Waals surface area contributed by atoms with Crippen molar-refractivity contribution >= 4 is 39.8 Å². The van der Waals surface area contributed by atoms with E-state index >= 15 is 0 Å². The largest absolute Gasteiger partial charge is 0.494 e. The fraction of sp³-hybridized carbons (Fsp3) is 0.276. The van der Waals surface area contributed by atoms with Crippen molar-refractivity contribution in [3.8, 4) is 11.6 Å². The third-order valence-electron chi connectivity index (χ3n) is 6.76. The van der Waals surface area contributed by atoms with Crippen molar-refractivity contribution in [3.05, 3.63) is 73.6 Å². The van der Waals surface area contributed by atoms with Crippen molar-refractivity contribution < 1.29 is 14.3 Å². The highest BCUT2D eigenvalue weighted by Crippen LogP contribution is 2.38. The number of morpholine rings is 1. The lowest BCUT2D eigenvalue weighted by Gasteiger charge is -2.30. The summed E-state index contributed by atoms with van der Waals surface area (Å²) in [4.78, 5) is 26.0. The van der Waals surface area contributed by atoms with Gasteiger partial charge in [0.15, 0.2) is 0 Å². The second-order valence-corrected chi connectivity index (χ2v) is 9.25. The summed E-state index contributed by atoms with van der Waals surface area (Å²) in [5.41, 5.74) is 3.13.